The smallest absolute Gasteiger partial charge is 0.248 e. The Labute approximate surface area is 368 Å². The molecule has 0 saturated heterocycles. The zero-order chi connectivity index (χ0) is 45.5. The highest BCUT2D eigenvalue weighted by atomic mass is 19.3. The van der Waals surface area contributed by atoms with Crippen molar-refractivity contribution >= 4 is 0 Å². The summed E-state index contributed by atoms with van der Waals surface area (Å²) in [7, 11) is 0. The van der Waals surface area contributed by atoms with Crippen molar-refractivity contribution in [3.05, 3.63) is 118 Å². The Morgan fingerprint density at radius 2 is 0.730 bits per heavy atom. The van der Waals surface area contributed by atoms with Crippen molar-refractivity contribution in [2.75, 3.05) is 26.4 Å². The van der Waals surface area contributed by atoms with Crippen LogP contribution >= 0.6 is 0 Å². The normalized spacial score (nSPS) is 11.6. The average Bonchev–Trinajstić information content (AvgIpc) is 3.26. The lowest BCUT2D eigenvalue weighted by Crippen LogP contribution is -2.15. The van der Waals surface area contributed by atoms with Crippen molar-refractivity contribution in [1.29, 1.82) is 0 Å². The molecule has 12 heteroatoms. The molecule has 0 aliphatic rings. The van der Waals surface area contributed by atoms with Crippen LogP contribution in [-0.4, -0.2) is 32.4 Å². The zero-order valence-electron chi connectivity index (χ0n) is 36.9. The molecule has 4 aromatic rings. The van der Waals surface area contributed by atoms with Crippen molar-refractivity contribution in [1.82, 2.24) is 0 Å². The Morgan fingerprint density at radius 3 is 1.13 bits per heavy atom. The molecule has 4 nitrogen and oxygen atoms in total. The largest absolute Gasteiger partial charge is 0.493 e. The van der Waals surface area contributed by atoms with Crippen LogP contribution < -0.4 is 18.9 Å². The molecule has 0 spiro atoms. The Kier molecular flexibility index (Phi) is 22.5. The van der Waals surface area contributed by atoms with E-state index in [0.717, 1.165) is 51.4 Å². The fourth-order valence-corrected chi connectivity index (χ4v) is 7.12. The number of alkyl halides is 2. The van der Waals surface area contributed by atoms with Gasteiger partial charge in [-0.1, -0.05) is 89.5 Å². The van der Waals surface area contributed by atoms with Crippen LogP contribution in [-0.2, 0) is 25.7 Å². The quantitative estimate of drug-likeness (QED) is 0.0362. The molecule has 4 rings (SSSR count). The standard InChI is InChI=1S/C51H64F8O4/c1-3-5-31-62-45-27-23-39(47(54)49(45)56)19-17-37-21-25-41(35-43(37)52)60-33-15-11-7-9-13-29-51(58,59)30-14-10-8-12-16-34-61-42-26-22-38(44(53)36-42)18-20-40-24-28-46(50(57)48(40)55)63-32-6-4-2/h21-28,35-36H,3-20,29-34H2,1-2H3. The van der Waals surface area contributed by atoms with E-state index in [2.05, 4.69) is 0 Å². The molecular weight excluding hydrogens is 829 g/mol. The second-order valence-corrected chi connectivity index (χ2v) is 16.2. The van der Waals surface area contributed by atoms with Crippen LogP contribution in [0.15, 0.2) is 60.7 Å². The van der Waals surface area contributed by atoms with Gasteiger partial charge in [0.2, 0.25) is 17.6 Å². The lowest BCUT2D eigenvalue weighted by Gasteiger charge is -2.16. The molecule has 0 aliphatic heterocycles. The van der Waals surface area contributed by atoms with Gasteiger partial charge in [0.05, 0.1) is 26.4 Å². The van der Waals surface area contributed by atoms with Gasteiger partial charge in [0.1, 0.15) is 23.1 Å². The summed E-state index contributed by atoms with van der Waals surface area (Å²) in [6.45, 7) is 5.29. The number of ether oxygens (including phenoxy) is 4. The lowest BCUT2D eigenvalue weighted by atomic mass is 10.0. The molecule has 0 fully saturated rings. The van der Waals surface area contributed by atoms with Gasteiger partial charge in [0, 0.05) is 25.0 Å². The minimum absolute atomic E-state index is 0.122. The van der Waals surface area contributed by atoms with Gasteiger partial charge < -0.3 is 18.9 Å². The number of hydrogen-bond donors (Lipinski definition) is 0. The summed E-state index contributed by atoms with van der Waals surface area (Å²) in [4.78, 5) is 0. The molecule has 4 aromatic carbocycles. The third-order valence-corrected chi connectivity index (χ3v) is 11.1. The van der Waals surface area contributed by atoms with Crippen LogP contribution in [0.1, 0.15) is 139 Å². The van der Waals surface area contributed by atoms with Crippen molar-refractivity contribution in [3.63, 3.8) is 0 Å². The molecule has 0 amide bonds. The second kappa shape index (κ2) is 27.6. The summed E-state index contributed by atoms with van der Waals surface area (Å²) >= 11 is 0. The average molecular weight is 893 g/mol. The van der Waals surface area contributed by atoms with E-state index in [1.54, 1.807) is 24.3 Å². The molecular formula is C51H64F8O4. The van der Waals surface area contributed by atoms with Crippen LogP contribution in [0.3, 0.4) is 0 Å². The van der Waals surface area contributed by atoms with E-state index >= 15 is 0 Å². The highest BCUT2D eigenvalue weighted by molar-refractivity contribution is 5.35. The molecule has 348 valence electrons. The number of rotatable bonds is 32. The van der Waals surface area contributed by atoms with E-state index in [0.29, 0.717) is 87.6 Å². The molecule has 0 heterocycles. The van der Waals surface area contributed by atoms with Crippen molar-refractivity contribution in [2.24, 2.45) is 0 Å². The fraction of sp³-hybridized carbons (Fsp3) is 0.529. The van der Waals surface area contributed by atoms with Gasteiger partial charge in [-0.05, 0) is 111 Å². The van der Waals surface area contributed by atoms with Gasteiger partial charge in [-0.3, -0.25) is 0 Å². The predicted octanol–water partition coefficient (Wildman–Crippen LogP) is 15.2. The Balaban J connectivity index is 0.991. The summed E-state index contributed by atoms with van der Waals surface area (Å²) in [6, 6.07) is 14.8. The molecule has 0 radical (unpaired) electrons. The third-order valence-electron chi connectivity index (χ3n) is 11.1. The van der Waals surface area contributed by atoms with Gasteiger partial charge in [0.15, 0.2) is 23.1 Å². The highest BCUT2D eigenvalue weighted by Crippen LogP contribution is 2.30. The maximum Gasteiger partial charge on any atom is 0.248 e. The monoisotopic (exact) mass is 892 g/mol. The predicted molar refractivity (Wildman–Crippen MR) is 232 cm³/mol. The lowest BCUT2D eigenvalue weighted by molar-refractivity contribution is -0.0207. The zero-order valence-corrected chi connectivity index (χ0v) is 36.9. The van der Waals surface area contributed by atoms with E-state index in [9.17, 15) is 35.1 Å². The molecule has 0 bridgehead atoms. The van der Waals surface area contributed by atoms with E-state index in [-0.39, 0.29) is 61.2 Å². The highest BCUT2D eigenvalue weighted by Gasteiger charge is 2.27. The van der Waals surface area contributed by atoms with E-state index in [1.165, 1.54) is 36.4 Å². The van der Waals surface area contributed by atoms with Gasteiger partial charge in [-0.25, -0.2) is 26.3 Å². The van der Waals surface area contributed by atoms with Gasteiger partial charge in [-0.2, -0.15) is 8.78 Å². The number of halogens is 8. The molecule has 0 unspecified atom stereocenters. The Hall–Kier alpha value is -4.48. The third kappa shape index (κ3) is 17.9. The first-order valence-corrected chi connectivity index (χ1v) is 22.8. The maximum atomic E-state index is 14.8. The van der Waals surface area contributed by atoms with Crippen LogP contribution in [0, 0.1) is 34.9 Å². The van der Waals surface area contributed by atoms with Crippen LogP contribution in [0.2, 0.25) is 0 Å². The Morgan fingerprint density at radius 1 is 0.381 bits per heavy atom. The van der Waals surface area contributed by atoms with Gasteiger partial charge >= 0.3 is 0 Å². The van der Waals surface area contributed by atoms with Gasteiger partial charge in [0.25, 0.3) is 0 Å². The van der Waals surface area contributed by atoms with E-state index < -0.39 is 40.8 Å². The summed E-state index contributed by atoms with van der Waals surface area (Å²) < 4.78 is 138. The topological polar surface area (TPSA) is 36.9 Å². The van der Waals surface area contributed by atoms with E-state index in [4.69, 9.17) is 18.9 Å². The Bertz CT molecular complexity index is 1820. The first-order chi connectivity index (χ1) is 30.4. The first-order valence-electron chi connectivity index (χ1n) is 22.8. The number of aryl methyl sites for hydroxylation is 4. The second-order valence-electron chi connectivity index (χ2n) is 16.2. The maximum absolute atomic E-state index is 14.8. The molecule has 0 atom stereocenters. The number of benzene rings is 4. The summed E-state index contributed by atoms with van der Waals surface area (Å²) in [5, 5.41) is 0. The number of hydrogen-bond acceptors (Lipinski definition) is 4. The van der Waals surface area contributed by atoms with Crippen molar-refractivity contribution in [3.8, 4) is 23.0 Å². The van der Waals surface area contributed by atoms with Crippen LogP contribution in [0.5, 0.6) is 23.0 Å². The molecule has 0 aliphatic carbocycles. The van der Waals surface area contributed by atoms with Crippen LogP contribution in [0.25, 0.3) is 0 Å². The fourth-order valence-electron chi connectivity index (χ4n) is 7.12. The van der Waals surface area contributed by atoms with Crippen molar-refractivity contribution in [2.45, 2.75) is 148 Å². The number of unbranched alkanes of at least 4 members (excludes halogenated alkanes) is 10. The summed E-state index contributed by atoms with van der Waals surface area (Å²) in [5.74, 6) is -7.21. The minimum atomic E-state index is -2.70. The van der Waals surface area contributed by atoms with Crippen molar-refractivity contribution < 1.29 is 54.1 Å². The first kappa shape index (κ1) is 51.2. The molecule has 0 aromatic heterocycles. The molecule has 0 saturated carbocycles. The SMILES string of the molecule is CCCCOc1ccc(CCc2ccc(OCCCCCCCC(F)(F)CCCCCCCOc3ccc(CCc4ccc(OCCCC)c(F)c4F)c(F)c3)cc2F)c(F)c1F. The summed E-state index contributed by atoms with van der Waals surface area (Å²) in [5.41, 5.74) is 1.03. The van der Waals surface area contributed by atoms with Crippen LogP contribution in [0.4, 0.5) is 35.1 Å². The molecule has 0 N–H and O–H groups in total. The van der Waals surface area contributed by atoms with Gasteiger partial charge in [-0.15, -0.1) is 0 Å². The summed E-state index contributed by atoms with van der Waals surface area (Å²) in [6.07, 6.45) is 10.4. The van der Waals surface area contributed by atoms with E-state index in [1.807, 2.05) is 13.8 Å². The minimum Gasteiger partial charge on any atom is -0.493 e. The molecule has 63 heavy (non-hydrogen) atoms.